The van der Waals surface area contributed by atoms with Crippen LogP contribution >= 0.6 is 22.6 Å². The standard InChI is InChI=1S/C11H12INO/c1-7(2)13-6-8-5-9(12)3-4-10(8)11(13)14/h3-5,7H,6H2,1-2H3. The van der Waals surface area contributed by atoms with Crippen molar-refractivity contribution in [2.75, 3.05) is 0 Å². The molecule has 0 unspecified atom stereocenters. The molecule has 1 heterocycles. The number of hydrogen-bond donors (Lipinski definition) is 0. The smallest absolute Gasteiger partial charge is 0.254 e. The highest BCUT2D eigenvalue weighted by atomic mass is 127. The second-order valence-electron chi connectivity index (χ2n) is 3.83. The molecule has 0 N–H and O–H groups in total. The van der Waals surface area contributed by atoms with E-state index < -0.39 is 0 Å². The Morgan fingerprint density at radius 2 is 2.14 bits per heavy atom. The third-order valence-electron chi connectivity index (χ3n) is 2.52. The molecule has 0 aliphatic carbocycles. The summed E-state index contributed by atoms with van der Waals surface area (Å²) in [6.07, 6.45) is 0. The molecule has 0 radical (unpaired) electrons. The summed E-state index contributed by atoms with van der Waals surface area (Å²) in [5.41, 5.74) is 2.04. The van der Waals surface area contributed by atoms with Crippen LogP contribution in [0.25, 0.3) is 0 Å². The molecular formula is C11H12INO. The van der Waals surface area contributed by atoms with Gasteiger partial charge in [-0.05, 0) is 60.2 Å². The molecule has 0 spiro atoms. The average molecular weight is 301 g/mol. The zero-order valence-corrected chi connectivity index (χ0v) is 10.4. The number of fused-ring (bicyclic) bond motifs is 1. The predicted molar refractivity (Wildman–Crippen MR) is 64.2 cm³/mol. The molecule has 1 aromatic carbocycles. The van der Waals surface area contributed by atoms with Gasteiger partial charge in [-0.3, -0.25) is 4.79 Å². The number of carbonyl (C=O) groups is 1. The Labute approximate surface area is 97.4 Å². The minimum atomic E-state index is 0.173. The first-order valence-electron chi connectivity index (χ1n) is 4.69. The van der Waals surface area contributed by atoms with Crippen LogP contribution < -0.4 is 0 Å². The minimum Gasteiger partial charge on any atom is -0.332 e. The van der Waals surface area contributed by atoms with E-state index in [1.165, 1.54) is 3.57 Å². The van der Waals surface area contributed by atoms with E-state index >= 15 is 0 Å². The highest BCUT2D eigenvalue weighted by Crippen LogP contribution is 2.25. The van der Waals surface area contributed by atoms with Gasteiger partial charge < -0.3 is 4.90 Å². The van der Waals surface area contributed by atoms with Gasteiger partial charge in [-0.15, -0.1) is 0 Å². The van der Waals surface area contributed by atoms with E-state index in [0.717, 1.165) is 17.7 Å². The van der Waals surface area contributed by atoms with Gasteiger partial charge in [-0.2, -0.15) is 0 Å². The Kier molecular flexibility index (Phi) is 2.51. The monoisotopic (exact) mass is 301 g/mol. The second kappa shape index (κ2) is 3.53. The maximum Gasteiger partial charge on any atom is 0.254 e. The molecule has 2 rings (SSSR count). The predicted octanol–water partition coefficient (Wildman–Crippen LogP) is 2.66. The van der Waals surface area contributed by atoms with Gasteiger partial charge >= 0.3 is 0 Å². The van der Waals surface area contributed by atoms with Crippen LogP contribution in [-0.2, 0) is 6.54 Å². The molecule has 0 aromatic heterocycles. The first-order chi connectivity index (χ1) is 6.59. The van der Waals surface area contributed by atoms with Crippen molar-refractivity contribution in [3.63, 3.8) is 0 Å². The van der Waals surface area contributed by atoms with Gasteiger partial charge in [0.15, 0.2) is 0 Å². The summed E-state index contributed by atoms with van der Waals surface area (Å²) in [4.78, 5) is 13.8. The SMILES string of the molecule is CC(C)N1Cc2cc(I)ccc2C1=O. The van der Waals surface area contributed by atoms with Crippen molar-refractivity contribution in [3.05, 3.63) is 32.9 Å². The lowest BCUT2D eigenvalue weighted by atomic mass is 10.1. The summed E-state index contributed by atoms with van der Waals surface area (Å²) in [7, 11) is 0. The molecule has 0 saturated carbocycles. The number of rotatable bonds is 1. The van der Waals surface area contributed by atoms with Gasteiger partial charge in [-0.25, -0.2) is 0 Å². The Bertz CT molecular complexity index is 387. The topological polar surface area (TPSA) is 20.3 Å². The van der Waals surface area contributed by atoms with E-state index in [1.54, 1.807) is 0 Å². The van der Waals surface area contributed by atoms with Gasteiger partial charge in [0.2, 0.25) is 0 Å². The van der Waals surface area contributed by atoms with Crippen LogP contribution in [0.15, 0.2) is 18.2 Å². The molecule has 2 nitrogen and oxygen atoms in total. The number of amides is 1. The lowest BCUT2D eigenvalue weighted by Gasteiger charge is -2.19. The van der Waals surface area contributed by atoms with E-state index in [4.69, 9.17) is 0 Å². The van der Waals surface area contributed by atoms with Gasteiger partial charge in [0.25, 0.3) is 5.91 Å². The summed E-state index contributed by atoms with van der Waals surface area (Å²) < 4.78 is 1.19. The quantitative estimate of drug-likeness (QED) is 0.730. The van der Waals surface area contributed by atoms with E-state index in [2.05, 4.69) is 42.5 Å². The van der Waals surface area contributed by atoms with Crippen LogP contribution in [-0.4, -0.2) is 16.8 Å². The van der Waals surface area contributed by atoms with Crippen molar-refractivity contribution in [1.82, 2.24) is 4.90 Å². The Hall–Kier alpha value is -0.580. The highest BCUT2D eigenvalue weighted by Gasteiger charge is 2.28. The largest absolute Gasteiger partial charge is 0.332 e. The fourth-order valence-corrected chi connectivity index (χ4v) is 2.28. The molecule has 0 atom stereocenters. The molecule has 74 valence electrons. The molecule has 0 bridgehead atoms. The van der Waals surface area contributed by atoms with Crippen LogP contribution in [0.5, 0.6) is 0 Å². The van der Waals surface area contributed by atoms with Crippen LogP contribution in [0.3, 0.4) is 0 Å². The summed E-state index contributed by atoms with van der Waals surface area (Å²) in [5.74, 6) is 0.173. The molecule has 1 aromatic rings. The van der Waals surface area contributed by atoms with Crippen LogP contribution in [0.1, 0.15) is 29.8 Å². The second-order valence-corrected chi connectivity index (χ2v) is 5.07. The maximum absolute atomic E-state index is 11.9. The highest BCUT2D eigenvalue weighted by molar-refractivity contribution is 14.1. The van der Waals surface area contributed by atoms with Crippen molar-refractivity contribution in [2.24, 2.45) is 0 Å². The average Bonchev–Trinajstić information content (AvgIpc) is 2.43. The number of nitrogens with zero attached hydrogens (tertiary/aromatic N) is 1. The first-order valence-corrected chi connectivity index (χ1v) is 5.77. The molecule has 1 aliphatic rings. The van der Waals surface area contributed by atoms with E-state index in [0.29, 0.717) is 0 Å². The molecule has 1 aliphatic heterocycles. The number of halogens is 1. The first kappa shape index (κ1) is 9.96. The van der Waals surface area contributed by atoms with Gasteiger partial charge in [0.05, 0.1) is 0 Å². The zero-order valence-electron chi connectivity index (χ0n) is 8.25. The van der Waals surface area contributed by atoms with Crippen molar-refractivity contribution >= 4 is 28.5 Å². The molecule has 3 heteroatoms. The zero-order chi connectivity index (χ0) is 10.3. The van der Waals surface area contributed by atoms with Crippen LogP contribution in [0.4, 0.5) is 0 Å². The van der Waals surface area contributed by atoms with Crippen molar-refractivity contribution in [3.8, 4) is 0 Å². The molecule has 1 amide bonds. The molecular weight excluding hydrogens is 289 g/mol. The number of hydrogen-bond acceptors (Lipinski definition) is 1. The van der Waals surface area contributed by atoms with Gasteiger partial charge in [-0.1, -0.05) is 0 Å². The van der Waals surface area contributed by atoms with E-state index in [1.807, 2.05) is 17.0 Å². The third kappa shape index (κ3) is 1.54. The van der Waals surface area contributed by atoms with Gasteiger partial charge in [0.1, 0.15) is 0 Å². The number of carbonyl (C=O) groups excluding carboxylic acids is 1. The van der Waals surface area contributed by atoms with Crippen LogP contribution in [0.2, 0.25) is 0 Å². The van der Waals surface area contributed by atoms with Gasteiger partial charge in [0, 0.05) is 21.7 Å². The normalized spacial score (nSPS) is 15.1. The summed E-state index contributed by atoms with van der Waals surface area (Å²) in [6.45, 7) is 4.87. The Morgan fingerprint density at radius 1 is 1.43 bits per heavy atom. The fraction of sp³-hybridized carbons (Fsp3) is 0.364. The van der Waals surface area contributed by atoms with Crippen LogP contribution in [0, 0.1) is 3.57 Å². The summed E-state index contributed by atoms with van der Waals surface area (Å²) in [5, 5.41) is 0. The lowest BCUT2D eigenvalue weighted by molar-refractivity contribution is 0.0730. The third-order valence-corrected chi connectivity index (χ3v) is 3.19. The molecule has 14 heavy (non-hydrogen) atoms. The summed E-state index contributed by atoms with van der Waals surface area (Å²) in [6, 6.07) is 6.30. The fourth-order valence-electron chi connectivity index (χ4n) is 1.73. The molecule has 0 saturated heterocycles. The summed E-state index contributed by atoms with van der Waals surface area (Å²) >= 11 is 2.27. The maximum atomic E-state index is 11.9. The van der Waals surface area contributed by atoms with E-state index in [-0.39, 0.29) is 11.9 Å². The van der Waals surface area contributed by atoms with E-state index in [9.17, 15) is 4.79 Å². The minimum absolute atomic E-state index is 0.173. The Morgan fingerprint density at radius 3 is 2.79 bits per heavy atom. The molecule has 0 fully saturated rings. The van der Waals surface area contributed by atoms with Crippen molar-refractivity contribution < 1.29 is 4.79 Å². The van der Waals surface area contributed by atoms with Crippen molar-refractivity contribution in [2.45, 2.75) is 26.4 Å². The van der Waals surface area contributed by atoms with Crippen molar-refractivity contribution in [1.29, 1.82) is 0 Å². The number of benzene rings is 1. The Balaban J connectivity index is 2.40. The lowest BCUT2D eigenvalue weighted by Crippen LogP contribution is -2.30.